The van der Waals surface area contributed by atoms with Crippen LogP contribution in [0.1, 0.15) is 25.1 Å². The molecule has 33 heavy (non-hydrogen) atoms. The van der Waals surface area contributed by atoms with Crippen molar-refractivity contribution in [2.24, 2.45) is 0 Å². The molecule has 0 aliphatic carbocycles. The molecule has 10 heteroatoms. The van der Waals surface area contributed by atoms with Crippen molar-refractivity contribution in [2.75, 3.05) is 32.5 Å². The van der Waals surface area contributed by atoms with Gasteiger partial charge in [-0.05, 0) is 23.1 Å². The summed E-state index contributed by atoms with van der Waals surface area (Å²) in [6, 6.07) is 10.7. The number of anilines is 1. The van der Waals surface area contributed by atoms with Crippen molar-refractivity contribution < 1.29 is 23.7 Å². The Kier molecular flexibility index (Phi) is 6.28. The minimum Gasteiger partial charge on any atom is -0.496 e. The Morgan fingerprint density at radius 2 is 1.82 bits per heavy atom. The fourth-order valence-corrected chi connectivity index (χ4v) is 4.42. The Labute approximate surface area is 195 Å². The average Bonchev–Trinajstić information content (AvgIpc) is 2.86. The number of rotatable bonds is 6. The summed E-state index contributed by atoms with van der Waals surface area (Å²) in [4.78, 5) is 31.1. The molecule has 0 saturated heterocycles. The SMILES string of the molecule is CCC(=O)N1c2ccccc2-c2c(=O)[nH]c(SC)n[n+]2C1c1c(OC)cc(OC)cc1OC. The standard InChI is InChI=1S/C23H24N4O5S/c1-6-18(28)26-15-10-8-7-9-14(15)20-21(29)24-23(33-5)25-27(20)22(26)19-16(31-3)11-13(30-2)12-17(19)32-4/h7-12,22H,6H2,1-5H3/p+1. The predicted molar refractivity (Wildman–Crippen MR) is 124 cm³/mol. The normalized spacial score (nSPS) is 14.3. The fourth-order valence-electron chi connectivity index (χ4n) is 4.05. The van der Waals surface area contributed by atoms with Gasteiger partial charge in [-0.2, -0.15) is 0 Å². The summed E-state index contributed by atoms with van der Waals surface area (Å²) in [7, 11) is 4.61. The average molecular weight is 470 g/mol. The minimum absolute atomic E-state index is 0.140. The van der Waals surface area contributed by atoms with Crippen LogP contribution in [0.5, 0.6) is 17.2 Å². The molecule has 1 atom stereocenters. The number of ether oxygens (including phenoxy) is 3. The van der Waals surface area contributed by atoms with E-state index in [1.165, 1.54) is 26.0 Å². The molecule has 1 N–H and O–H groups in total. The maximum Gasteiger partial charge on any atom is 0.325 e. The van der Waals surface area contributed by atoms with Crippen molar-refractivity contribution in [3.8, 4) is 28.5 Å². The molecule has 1 aliphatic heterocycles. The number of carbonyl (C=O) groups excluding carboxylic acids is 1. The van der Waals surface area contributed by atoms with Crippen molar-refractivity contribution in [1.29, 1.82) is 0 Å². The van der Waals surface area contributed by atoms with E-state index in [-0.39, 0.29) is 17.9 Å². The smallest absolute Gasteiger partial charge is 0.325 e. The summed E-state index contributed by atoms with van der Waals surface area (Å²) < 4.78 is 18.4. The largest absolute Gasteiger partial charge is 0.496 e. The highest BCUT2D eigenvalue weighted by atomic mass is 32.2. The van der Waals surface area contributed by atoms with Crippen LogP contribution in [0, 0.1) is 0 Å². The molecule has 0 bridgehead atoms. The van der Waals surface area contributed by atoms with Gasteiger partial charge in [0.25, 0.3) is 0 Å². The van der Waals surface area contributed by atoms with E-state index >= 15 is 0 Å². The summed E-state index contributed by atoms with van der Waals surface area (Å²) in [6.07, 6.45) is 1.24. The number of nitrogens with one attached hydrogen (secondary N) is 1. The Morgan fingerprint density at radius 3 is 2.39 bits per heavy atom. The van der Waals surface area contributed by atoms with Crippen molar-refractivity contribution in [3.63, 3.8) is 0 Å². The van der Waals surface area contributed by atoms with Crippen LogP contribution in [0.2, 0.25) is 0 Å². The number of aromatic nitrogens is 3. The molecular weight excluding hydrogens is 444 g/mol. The Bertz CT molecular complexity index is 1250. The van der Waals surface area contributed by atoms with Gasteiger partial charge in [-0.25, -0.2) is 4.90 Å². The number of amides is 1. The number of H-pyrrole nitrogens is 1. The lowest BCUT2D eigenvalue weighted by atomic mass is 9.99. The van der Waals surface area contributed by atoms with Gasteiger partial charge in [-0.1, -0.05) is 30.8 Å². The summed E-state index contributed by atoms with van der Waals surface area (Å²) in [6.45, 7) is 1.79. The first-order valence-corrected chi connectivity index (χ1v) is 11.5. The lowest BCUT2D eigenvalue weighted by Crippen LogP contribution is -2.61. The van der Waals surface area contributed by atoms with E-state index in [1.807, 2.05) is 30.5 Å². The Morgan fingerprint density at radius 1 is 1.15 bits per heavy atom. The molecule has 3 aromatic rings. The van der Waals surface area contributed by atoms with E-state index in [0.717, 1.165) is 0 Å². The molecule has 9 nitrogen and oxygen atoms in total. The topological polar surface area (TPSA) is 97.6 Å². The van der Waals surface area contributed by atoms with Crippen LogP contribution >= 0.6 is 11.8 Å². The molecule has 2 aromatic carbocycles. The molecule has 0 saturated carbocycles. The molecule has 1 aliphatic rings. The van der Waals surface area contributed by atoms with Gasteiger partial charge < -0.3 is 14.2 Å². The Balaban J connectivity index is 2.15. The van der Waals surface area contributed by atoms with Gasteiger partial charge in [0, 0.05) is 23.7 Å². The first-order valence-electron chi connectivity index (χ1n) is 10.3. The van der Waals surface area contributed by atoms with Crippen LogP contribution in [0.3, 0.4) is 0 Å². The summed E-state index contributed by atoms with van der Waals surface area (Å²) in [5.41, 5.74) is 1.81. The van der Waals surface area contributed by atoms with Gasteiger partial charge >= 0.3 is 17.4 Å². The van der Waals surface area contributed by atoms with E-state index in [4.69, 9.17) is 19.3 Å². The lowest BCUT2D eigenvalue weighted by Gasteiger charge is -2.33. The highest BCUT2D eigenvalue weighted by molar-refractivity contribution is 7.98. The van der Waals surface area contributed by atoms with E-state index in [2.05, 4.69) is 4.98 Å². The number of carbonyl (C=O) groups is 1. The Hall–Kier alpha value is -3.53. The molecule has 1 aromatic heterocycles. The molecule has 172 valence electrons. The van der Waals surface area contributed by atoms with Gasteiger partial charge in [0.05, 0.1) is 32.6 Å². The van der Waals surface area contributed by atoms with Gasteiger partial charge in [-0.15, -0.1) is 0 Å². The van der Waals surface area contributed by atoms with E-state index in [1.54, 1.807) is 35.7 Å². The number of hydrogen-bond acceptors (Lipinski definition) is 7. The van der Waals surface area contributed by atoms with Crippen LogP contribution in [-0.4, -0.2) is 43.6 Å². The molecule has 2 heterocycles. The quantitative estimate of drug-likeness (QED) is 0.438. The number of aromatic amines is 1. The summed E-state index contributed by atoms with van der Waals surface area (Å²) in [5, 5.41) is 5.12. The lowest BCUT2D eigenvalue weighted by molar-refractivity contribution is -0.763. The molecule has 0 fully saturated rings. The number of para-hydroxylation sites is 1. The van der Waals surface area contributed by atoms with Crippen molar-refractivity contribution in [2.45, 2.75) is 24.7 Å². The van der Waals surface area contributed by atoms with Crippen LogP contribution in [0.15, 0.2) is 46.3 Å². The van der Waals surface area contributed by atoms with Crippen LogP contribution < -0.4 is 29.4 Å². The fraction of sp³-hybridized carbons (Fsp3) is 0.304. The maximum atomic E-state index is 13.4. The second-order valence-corrected chi connectivity index (χ2v) is 8.01. The minimum atomic E-state index is -0.827. The zero-order valence-corrected chi connectivity index (χ0v) is 19.9. The third-order valence-corrected chi connectivity index (χ3v) is 6.10. The van der Waals surface area contributed by atoms with Crippen molar-refractivity contribution >= 4 is 23.4 Å². The summed E-state index contributed by atoms with van der Waals surface area (Å²) in [5.74, 6) is 1.27. The van der Waals surface area contributed by atoms with Crippen molar-refractivity contribution in [1.82, 2.24) is 10.1 Å². The second-order valence-electron chi connectivity index (χ2n) is 7.21. The molecule has 0 radical (unpaired) electrons. The predicted octanol–water partition coefficient (Wildman–Crippen LogP) is 2.78. The van der Waals surface area contributed by atoms with Crippen LogP contribution in [0.4, 0.5) is 5.69 Å². The third-order valence-electron chi connectivity index (χ3n) is 5.53. The number of hydrogen-bond donors (Lipinski definition) is 1. The number of benzene rings is 2. The van der Waals surface area contributed by atoms with E-state index in [9.17, 15) is 9.59 Å². The molecule has 0 spiro atoms. The van der Waals surface area contributed by atoms with Gasteiger partial charge in [0.2, 0.25) is 11.1 Å². The third kappa shape index (κ3) is 3.70. The van der Waals surface area contributed by atoms with Gasteiger partial charge in [-0.3, -0.25) is 14.6 Å². The van der Waals surface area contributed by atoms with E-state index < -0.39 is 6.17 Å². The highest BCUT2D eigenvalue weighted by Gasteiger charge is 2.48. The first-order chi connectivity index (χ1) is 16.0. The monoisotopic (exact) mass is 469 g/mol. The molecule has 4 rings (SSSR count). The van der Waals surface area contributed by atoms with Gasteiger partial charge in [0.1, 0.15) is 22.8 Å². The van der Waals surface area contributed by atoms with Crippen molar-refractivity contribution in [3.05, 3.63) is 52.3 Å². The second kappa shape index (κ2) is 9.14. The molecular formula is C23H25N4O5S+. The zero-order chi connectivity index (χ0) is 23.7. The molecule has 1 amide bonds. The number of thioether (sulfide) groups is 1. The maximum absolute atomic E-state index is 13.4. The summed E-state index contributed by atoms with van der Waals surface area (Å²) >= 11 is 1.30. The first kappa shape index (κ1) is 22.7. The number of methoxy groups -OCH3 is 3. The zero-order valence-electron chi connectivity index (χ0n) is 19.0. The van der Waals surface area contributed by atoms with Crippen LogP contribution in [0.25, 0.3) is 11.3 Å². The highest BCUT2D eigenvalue weighted by Crippen LogP contribution is 2.44. The number of fused-ring (bicyclic) bond motifs is 3. The number of nitrogens with zero attached hydrogens (tertiary/aromatic N) is 3. The van der Waals surface area contributed by atoms with E-state index in [0.29, 0.717) is 44.9 Å². The van der Waals surface area contributed by atoms with Crippen LogP contribution in [-0.2, 0) is 4.79 Å². The molecule has 1 unspecified atom stereocenters. The van der Waals surface area contributed by atoms with Gasteiger partial charge in [0.15, 0.2) is 0 Å².